The number of nitrogen functional groups attached to an aromatic ring is 1. The van der Waals surface area contributed by atoms with E-state index in [2.05, 4.69) is 11.0 Å². The zero-order valence-corrected chi connectivity index (χ0v) is 10.4. The van der Waals surface area contributed by atoms with Gasteiger partial charge in [0, 0.05) is 18.7 Å². The van der Waals surface area contributed by atoms with Gasteiger partial charge in [0.25, 0.3) is 0 Å². The van der Waals surface area contributed by atoms with Crippen molar-refractivity contribution < 1.29 is 4.74 Å². The molecule has 3 rings (SSSR count). The van der Waals surface area contributed by atoms with Crippen LogP contribution in [0.3, 0.4) is 0 Å². The second kappa shape index (κ2) is 4.21. The maximum atomic E-state index is 9.09. The van der Waals surface area contributed by atoms with Crippen LogP contribution in [-0.2, 0) is 4.74 Å². The van der Waals surface area contributed by atoms with Crippen LogP contribution in [0.1, 0.15) is 29.2 Å². The van der Waals surface area contributed by atoms with E-state index in [-0.39, 0.29) is 0 Å². The van der Waals surface area contributed by atoms with Gasteiger partial charge in [-0.25, -0.2) is 0 Å². The molecule has 2 N–H and O–H groups in total. The minimum atomic E-state index is 0.589. The summed E-state index contributed by atoms with van der Waals surface area (Å²) in [5.74, 6) is 0.589. The Balaban J connectivity index is 1.99. The number of rotatable bonds is 2. The van der Waals surface area contributed by atoms with E-state index in [9.17, 15) is 0 Å². The molecule has 4 nitrogen and oxygen atoms in total. The lowest BCUT2D eigenvalue weighted by Gasteiger charge is -2.28. The summed E-state index contributed by atoms with van der Waals surface area (Å²) >= 11 is 1.55. The number of anilines is 2. The van der Waals surface area contributed by atoms with E-state index in [1.165, 1.54) is 23.4 Å². The first-order valence-corrected chi connectivity index (χ1v) is 6.78. The Hall–Kier alpha value is -1.25. The maximum absolute atomic E-state index is 9.09. The molecule has 1 saturated carbocycles. The lowest BCUT2D eigenvalue weighted by Crippen LogP contribution is -2.36. The molecule has 0 amide bonds. The monoisotopic (exact) mass is 249 g/mol. The molecule has 2 heterocycles. The number of morpholine rings is 1. The van der Waals surface area contributed by atoms with Crippen molar-refractivity contribution in [3.8, 4) is 6.07 Å². The van der Waals surface area contributed by atoms with E-state index in [1.807, 2.05) is 0 Å². The lowest BCUT2D eigenvalue weighted by molar-refractivity contribution is 0.123. The van der Waals surface area contributed by atoms with Crippen molar-refractivity contribution in [2.24, 2.45) is 0 Å². The van der Waals surface area contributed by atoms with Crippen LogP contribution >= 0.6 is 11.3 Å². The van der Waals surface area contributed by atoms with Crippen LogP contribution in [0.25, 0.3) is 0 Å². The first-order chi connectivity index (χ1) is 8.31. The molecule has 2 fully saturated rings. The van der Waals surface area contributed by atoms with Crippen LogP contribution in [0.4, 0.5) is 10.7 Å². The fourth-order valence-electron chi connectivity index (χ4n) is 2.30. The average molecular weight is 249 g/mol. The van der Waals surface area contributed by atoms with Gasteiger partial charge in [-0.3, -0.25) is 0 Å². The lowest BCUT2D eigenvalue weighted by atomic mass is 10.1. The van der Waals surface area contributed by atoms with E-state index in [1.54, 1.807) is 11.3 Å². The number of ether oxygens (including phenoxy) is 1. The van der Waals surface area contributed by atoms with Crippen molar-refractivity contribution in [1.82, 2.24) is 0 Å². The first-order valence-electron chi connectivity index (χ1n) is 5.96. The second-order valence-corrected chi connectivity index (χ2v) is 5.55. The van der Waals surface area contributed by atoms with Crippen molar-refractivity contribution >= 4 is 22.0 Å². The molecule has 0 spiro atoms. The average Bonchev–Trinajstić information content (AvgIpc) is 3.14. The molecule has 1 aromatic rings. The van der Waals surface area contributed by atoms with E-state index in [4.69, 9.17) is 15.7 Å². The van der Waals surface area contributed by atoms with Gasteiger partial charge in [0.05, 0.1) is 23.9 Å². The van der Waals surface area contributed by atoms with Gasteiger partial charge in [0.1, 0.15) is 10.9 Å². The van der Waals surface area contributed by atoms with Gasteiger partial charge in [0.2, 0.25) is 0 Å². The largest absolute Gasteiger partial charge is 0.397 e. The normalized spacial score (nSPS) is 20.3. The Morgan fingerprint density at radius 3 is 2.65 bits per heavy atom. The number of nitriles is 1. The molecule has 0 atom stereocenters. The van der Waals surface area contributed by atoms with Crippen molar-refractivity contribution in [2.45, 2.75) is 18.8 Å². The van der Waals surface area contributed by atoms with Crippen LogP contribution in [0.2, 0.25) is 0 Å². The standard InChI is InChI=1S/C12H15N3OS/c13-7-9-11(14)10(8-1-2-8)12(17-9)15-3-5-16-6-4-15/h8H,1-6,14H2. The van der Waals surface area contributed by atoms with Crippen LogP contribution in [0, 0.1) is 11.3 Å². The third kappa shape index (κ3) is 1.88. The van der Waals surface area contributed by atoms with E-state index in [0.717, 1.165) is 32.0 Å². The summed E-state index contributed by atoms with van der Waals surface area (Å²) in [6, 6.07) is 2.21. The Bertz CT molecular complexity index is 467. The molecule has 0 bridgehead atoms. The third-order valence-electron chi connectivity index (χ3n) is 3.35. The summed E-state index contributed by atoms with van der Waals surface area (Å²) < 4.78 is 5.37. The number of nitrogens with zero attached hydrogens (tertiary/aromatic N) is 2. The van der Waals surface area contributed by atoms with Gasteiger partial charge < -0.3 is 15.4 Å². The zero-order valence-electron chi connectivity index (χ0n) is 9.61. The van der Waals surface area contributed by atoms with Gasteiger partial charge in [-0.15, -0.1) is 11.3 Å². The highest BCUT2D eigenvalue weighted by Gasteiger charge is 2.33. The molecule has 0 aromatic carbocycles. The van der Waals surface area contributed by atoms with Crippen LogP contribution in [0.15, 0.2) is 0 Å². The first kappa shape index (κ1) is 10.9. The van der Waals surface area contributed by atoms with Gasteiger partial charge in [-0.2, -0.15) is 5.26 Å². The summed E-state index contributed by atoms with van der Waals surface area (Å²) in [6.45, 7) is 3.35. The maximum Gasteiger partial charge on any atom is 0.130 e. The zero-order chi connectivity index (χ0) is 11.8. The SMILES string of the molecule is N#Cc1sc(N2CCOCC2)c(C2CC2)c1N. The molecule has 0 radical (unpaired) electrons. The summed E-state index contributed by atoms with van der Waals surface area (Å²) in [5.41, 5.74) is 8.05. The Morgan fingerprint density at radius 2 is 2.06 bits per heavy atom. The molecule has 90 valence electrons. The molecule has 1 saturated heterocycles. The molecule has 0 unspecified atom stereocenters. The molecule has 5 heteroatoms. The Kier molecular flexibility index (Phi) is 2.69. The topological polar surface area (TPSA) is 62.3 Å². The fraction of sp³-hybridized carbons (Fsp3) is 0.583. The van der Waals surface area contributed by atoms with Gasteiger partial charge in [-0.1, -0.05) is 0 Å². The summed E-state index contributed by atoms with van der Waals surface area (Å²) in [6.07, 6.45) is 2.42. The van der Waals surface area contributed by atoms with Crippen LogP contribution < -0.4 is 10.6 Å². The molecule has 1 aliphatic carbocycles. The van der Waals surface area contributed by atoms with Gasteiger partial charge >= 0.3 is 0 Å². The van der Waals surface area contributed by atoms with Gasteiger partial charge in [-0.05, 0) is 18.8 Å². The third-order valence-corrected chi connectivity index (χ3v) is 4.54. The number of thiophene rings is 1. The summed E-state index contributed by atoms with van der Waals surface area (Å²) in [5, 5.41) is 10.3. The van der Waals surface area contributed by atoms with E-state index in [0.29, 0.717) is 10.8 Å². The van der Waals surface area contributed by atoms with Gasteiger partial charge in [0.15, 0.2) is 0 Å². The van der Waals surface area contributed by atoms with Crippen LogP contribution in [0.5, 0.6) is 0 Å². The quantitative estimate of drug-likeness (QED) is 0.869. The summed E-state index contributed by atoms with van der Waals surface area (Å²) in [7, 11) is 0. The predicted molar refractivity (Wildman–Crippen MR) is 68.5 cm³/mol. The molecule has 1 aromatic heterocycles. The highest BCUT2D eigenvalue weighted by Crippen LogP contribution is 2.51. The second-order valence-electron chi connectivity index (χ2n) is 4.55. The smallest absolute Gasteiger partial charge is 0.130 e. The van der Waals surface area contributed by atoms with Crippen molar-refractivity contribution in [3.63, 3.8) is 0 Å². The molecule has 2 aliphatic rings. The molecule has 1 aliphatic heterocycles. The Morgan fingerprint density at radius 1 is 1.35 bits per heavy atom. The van der Waals surface area contributed by atoms with E-state index >= 15 is 0 Å². The van der Waals surface area contributed by atoms with Crippen LogP contribution in [-0.4, -0.2) is 26.3 Å². The number of nitrogens with two attached hydrogens (primary N) is 1. The number of hydrogen-bond donors (Lipinski definition) is 1. The van der Waals surface area contributed by atoms with Crippen molar-refractivity contribution in [2.75, 3.05) is 36.9 Å². The van der Waals surface area contributed by atoms with Crippen molar-refractivity contribution in [1.29, 1.82) is 5.26 Å². The predicted octanol–water partition coefficient (Wildman–Crippen LogP) is 1.92. The minimum absolute atomic E-state index is 0.589. The van der Waals surface area contributed by atoms with E-state index < -0.39 is 0 Å². The highest BCUT2D eigenvalue weighted by molar-refractivity contribution is 7.17. The fourth-order valence-corrected chi connectivity index (χ4v) is 3.45. The summed E-state index contributed by atoms with van der Waals surface area (Å²) in [4.78, 5) is 2.99. The number of hydrogen-bond acceptors (Lipinski definition) is 5. The molecule has 17 heavy (non-hydrogen) atoms. The Labute approximate surface area is 105 Å². The molecular weight excluding hydrogens is 234 g/mol. The highest BCUT2D eigenvalue weighted by atomic mass is 32.1. The molecular formula is C12H15N3OS. The van der Waals surface area contributed by atoms with Crippen molar-refractivity contribution in [3.05, 3.63) is 10.4 Å². The minimum Gasteiger partial charge on any atom is -0.397 e.